The third-order valence-corrected chi connectivity index (χ3v) is 6.07. The molecule has 1 fully saturated rings. The molecule has 1 aliphatic rings. The Balaban J connectivity index is 1.79. The average molecular weight is 404 g/mol. The van der Waals surface area contributed by atoms with E-state index in [4.69, 9.17) is 4.74 Å². The van der Waals surface area contributed by atoms with E-state index in [1.807, 2.05) is 13.8 Å². The minimum atomic E-state index is -3.67. The average Bonchev–Trinajstić information content (AvgIpc) is 2.68. The van der Waals surface area contributed by atoms with Crippen molar-refractivity contribution in [2.24, 2.45) is 0 Å². The Morgan fingerprint density at radius 3 is 2.36 bits per heavy atom. The minimum absolute atomic E-state index is 0.0538. The molecule has 1 aliphatic heterocycles. The number of ether oxygens (including phenoxy) is 1. The topological polar surface area (TPSA) is 95.9 Å². The summed E-state index contributed by atoms with van der Waals surface area (Å²) in [6, 6.07) is 14.3. The van der Waals surface area contributed by atoms with E-state index in [1.54, 1.807) is 47.4 Å². The summed E-state index contributed by atoms with van der Waals surface area (Å²) in [5.41, 5.74) is 1.18. The predicted octanol–water partition coefficient (Wildman–Crippen LogP) is 2.16. The number of carbonyl (C=O) groups excluding carboxylic acids is 1. The first-order valence-corrected chi connectivity index (χ1v) is 10.5. The molecule has 0 bridgehead atoms. The first-order chi connectivity index (χ1) is 13.3. The van der Waals surface area contributed by atoms with Gasteiger partial charge in [-0.15, -0.1) is 0 Å². The summed E-state index contributed by atoms with van der Waals surface area (Å²) in [5, 5.41) is 9.83. The first kappa shape index (κ1) is 20.3. The largest absolute Gasteiger partial charge is 0.394 e. The quantitative estimate of drug-likeness (QED) is 0.769. The van der Waals surface area contributed by atoms with Crippen molar-refractivity contribution < 1.29 is 23.1 Å². The highest BCUT2D eigenvalue weighted by Crippen LogP contribution is 2.31. The van der Waals surface area contributed by atoms with Crippen molar-refractivity contribution in [1.82, 2.24) is 4.90 Å². The van der Waals surface area contributed by atoms with E-state index in [1.165, 1.54) is 12.1 Å². The predicted molar refractivity (Wildman–Crippen MR) is 105 cm³/mol. The normalized spacial score (nSPS) is 20.4. The van der Waals surface area contributed by atoms with Crippen molar-refractivity contribution in [3.8, 4) is 0 Å². The van der Waals surface area contributed by atoms with Crippen molar-refractivity contribution in [3.63, 3.8) is 0 Å². The van der Waals surface area contributed by atoms with Gasteiger partial charge in [0.25, 0.3) is 10.0 Å². The van der Waals surface area contributed by atoms with E-state index >= 15 is 0 Å². The van der Waals surface area contributed by atoms with Crippen LogP contribution in [0.3, 0.4) is 0 Å². The number of carbonyl (C=O) groups is 1. The van der Waals surface area contributed by atoms with E-state index in [0.29, 0.717) is 5.69 Å². The monoisotopic (exact) mass is 404 g/mol. The Labute approximate surface area is 165 Å². The lowest BCUT2D eigenvalue weighted by atomic mass is 9.98. The molecule has 0 radical (unpaired) electrons. The van der Waals surface area contributed by atoms with Crippen LogP contribution in [0.15, 0.2) is 59.5 Å². The maximum absolute atomic E-state index is 12.4. The molecule has 2 aromatic carbocycles. The van der Waals surface area contributed by atoms with Gasteiger partial charge in [-0.2, -0.15) is 0 Å². The number of rotatable bonds is 6. The van der Waals surface area contributed by atoms with Crippen LogP contribution < -0.4 is 4.72 Å². The van der Waals surface area contributed by atoms with Crippen molar-refractivity contribution in [1.29, 1.82) is 0 Å². The van der Waals surface area contributed by atoms with Crippen LogP contribution in [0, 0.1) is 0 Å². The number of sulfonamides is 1. The van der Waals surface area contributed by atoms with Gasteiger partial charge in [0.15, 0.2) is 0 Å². The summed E-state index contributed by atoms with van der Waals surface area (Å²) in [7, 11) is -3.67. The lowest BCUT2D eigenvalue weighted by Gasteiger charge is -2.42. The Hall–Kier alpha value is -2.42. The van der Waals surface area contributed by atoms with Gasteiger partial charge in [-0.25, -0.2) is 8.42 Å². The molecule has 0 aliphatic carbocycles. The number of morpholine rings is 1. The molecular formula is C20H24N2O5S. The summed E-state index contributed by atoms with van der Waals surface area (Å²) in [6.07, 6.45) is -0.482. The maximum Gasteiger partial charge on any atom is 0.261 e. The number of aliphatic hydroxyl groups excluding tert-OH is 1. The second kappa shape index (κ2) is 8.30. The van der Waals surface area contributed by atoms with E-state index in [-0.39, 0.29) is 30.1 Å². The summed E-state index contributed by atoms with van der Waals surface area (Å²) >= 11 is 0. The zero-order chi connectivity index (χ0) is 20.3. The van der Waals surface area contributed by atoms with Gasteiger partial charge in [-0.3, -0.25) is 9.52 Å². The molecule has 0 saturated carbocycles. The fraction of sp³-hybridized carbons (Fsp3) is 0.350. The number of benzene rings is 2. The molecule has 0 spiro atoms. The maximum atomic E-state index is 12.4. The Bertz CT molecular complexity index is 913. The summed E-state index contributed by atoms with van der Waals surface area (Å²) in [4.78, 5) is 14.0. The van der Waals surface area contributed by atoms with E-state index in [0.717, 1.165) is 5.56 Å². The van der Waals surface area contributed by atoms with Crippen LogP contribution in [-0.2, 0) is 19.6 Å². The van der Waals surface area contributed by atoms with Gasteiger partial charge in [0.1, 0.15) is 12.7 Å². The van der Waals surface area contributed by atoms with Crippen LogP contribution >= 0.6 is 0 Å². The molecule has 150 valence electrons. The number of hydrogen-bond acceptors (Lipinski definition) is 5. The molecule has 3 rings (SSSR count). The molecule has 1 amide bonds. The standard InChI is InChI=1S/C20H24N2O5S/c1-14(2)22-18(12-23)20(27-13-19(22)24)15-8-10-16(11-9-15)21-28(25,26)17-6-4-3-5-7-17/h3-11,14,18,20-21,23H,12-13H2,1-2H3/t18-,20-/m1/s1. The molecule has 1 heterocycles. The summed E-state index contributed by atoms with van der Waals surface area (Å²) in [5.74, 6) is -0.155. The molecule has 28 heavy (non-hydrogen) atoms. The number of anilines is 1. The number of aliphatic hydroxyl groups is 1. The lowest BCUT2D eigenvalue weighted by molar-refractivity contribution is -0.164. The van der Waals surface area contributed by atoms with Gasteiger partial charge in [-0.05, 0) is 43.7 Å². The third kappa shape index (κ3) is 4.19. The van der Waals surface area contributed by atoms with Crippen LogP contribution in [0.5, 0.6) is 0 Å². The first-order valence-electron chi connectivity index (χ1n) is 9.05. The Kier molecular flexibility index (Phi) is 6.02. The Morgan fingerprint density at radius 2 is 1.79 bits per heavy atom. The highest BCUT2D eigenvalue weighted by atomic mass is 32.2. The molecule has 8 heteroatoms. The zero-order valence-electron chi connectivity index (χ0n) is 15.8. The van der Waals surface area contributed by atoms with Crippen molar-refractivity contribution >= 4 is 21.6 Å². The van der Waals surface area contributed by atoms with E-state index < -0.39 is 22.2 Å². The summed E-state index contributed by atoms with van der Waals surface area (Å²) < 4.78 is 33.1. The number of nitrogens with one attached hydrogen (secondary N) is 1. The van der Waals surface area contributed by atoms with Crippen molar-refractivity contribution in [3.05, 3.63) is 60.2 Å². The minimum Gasteiger partial charge on any atom is -0.394 e. The number of amides is 1. The van der Waals surface area contributed by atoms with Crippen LogP contribution in [0.1, 0.15) is 25.5 Å². The second-order valence-electron chi connectivity index (χ2n) is 6.92. The molecular weight excluding hydrogens is 380 g/mol. The van der Waals surface area contributed by atoms with Crippen LogP contribution in [0.4, 0.5) is 5.69 Å². The van der Waals surface area contributed by atoms with Crippen LogP contribution in [0.25, 0.3) is 0 Å². The number of nitrogens with zero attached hydrogens (tertiary/aromatic N) is 1. The molecule has 0 aromatic heterocycles. The van der Waals surface area contributed by atoms with E-state index in [2.05, 4.69) is 4.72 Å². The molecule has 2 aromatic rings. The highest BCUT2D eigenvalue weighted by Gasteiger charge is 2.38. The number of hydrogen-bond donors (Lipinski definition) is 2. The van der Waals surface area contributed by atoms with Gasteiger partial charge in [0, 0.05) is 11.7 Å². The molecule has 2 N–H and O–H groups in total. The van der Waals surface area contributed by atoms with E-state index in [9.17, 15) is 18.3 Å². The Morgan fingerprint density at radius 1 is 1.14 bits per heavy atom. The molecule has 7 nitrogen and oxygen atoms in total. The zero-order valence-corrected chi connectivity index (χ0v) is 16.6. The van der Waals surface area contributed by atoms with Crippen LogP contribution in [0.2, 0.25) is 0 Å². The van der Waals surface area contributed by atoms with Crippen LogP contribution in [-0.4, -0.2) is 49.6 Å². The fourth-order valence-corrected chi connectivity index (χ4v) is 4.48. The second-order valence-corrected chi connectivity index (χ2v) is 8.60. The molecule has 1 saturated heterocycles. The van der Waals surface area contributed by atoms with Gasteiger partial charge >= 0.3 is 0 Å². The highest BCUT2D eigenvalue weighted by molar-refractivity contribution is 7.92. The van der Waals surface area contributed by atoms with Crippen molar-refractivity contribution in [2.45, 2.75) is 36.9 Å². The molecule has 0 unspecified atom stereocenters. The van der Waals surface area contributed by atoms with Gasteiger partial charge in [0.2, 0.25) is 5.91 Å². The van der Waals surface area contributed by atoms with Gasteiger partial charge < -0.3 is 14.7 Å². The smallest absolute Gasteiger partial charge is 0.261 e. The third-order valence-electron chi connectivity index (χ3n) is 4.67. The SMILES string of the molecule is CC(C)N1C(=O)CO[C@H](c2ccc(NS(=O)(=O)c3ccccc3)cc2)[C@H]1CO. The fourth-order valence-electron chi connectivity index (χ4n) is 3.41. The lowest BCUT2D eigenvalue weighted by Crippen LogP contribution is -2.55. The van der Waals surface area contributed by atoms with Gasteiger partial charge in [0.05, 0.1) is 17.5 Å². The molecule has 2 atom stereocenters. The van der Waals surface area contributed by atoms with Crippen molar-refractivity contribution in [2.75, 3.05) is 17.9 Å². The van der Waals surface area contributed by atoms with Gasteiger partial charge in [-0.1, -0.05) is 30.3 Å². The summed E-state index contributed by atoms with van der Waals surface area (Å²) in [6.45, 7) is 3.51.